The Morgan fingerprint density at radius 1 is 1.05 bits per heavy atom. The van der Waals surface area contributed by atoms with Crippen LogP contribution in [0, 0.1) is 5.21 Å². The molecule has 1 aromatic carbocycles. The van der Waals surface area contributed by atoms with E-state index >= 15 is 0 Å². The molecule has 42 heavy (non-hydrogen) atoms. The van der Waals surface area contributed by atoms with Crippen molar-refractivity contribution in [3.05, 3.63) is 81.9 Å². The van der Waals surface area contributed by atoms with Gasteiger partial charge in [0.1, 0.15) is 5.75 Å². The number of phenolic OH excluding ortho intramolecular Hbond substituents is 1. The van der Waals surface area contributed by atoms with Gasteiger partial charge in [-0.1, -0.05) is 11.6 Å². The largest absolute Gasteiger partial charge is 0.619 e. The summed E-state index contributed by atoms with van der Waals surface area (Å²) in [6.07, 6.45) is 5.38. The van der Waals surface area contributed by atoms with Gasteiger partial charge in [0.05, 0.1) is 17.6 Å². The number of amides is 3. The van der Waals surface area contributed by atoms with Crippen LogP contribution in [0.4, 0.5) is 0 Å². The number of hydrogen-bond donors (Lipinski definition) is 3. The number of sulfonamides is 1. The molecule has 1 saturated heterocycles. The summed E-state index contributed by atoms with van der Waals surface area (Å²) in [5, 5.41) is 22.5. The predicted octanol–water partition coefficient (Wildman–Crippen LogP) is 0.383. The highest BCUT2D eigenvalue weighted by atomic mass is 35.5. The molecule has 3 aromatic rings. The fraction of sp³-hybridized carbons (Fsp3) is 0.231. The second-order valence-corrected chi connectivity index (χ2v) is 11.7. The molecule has 0 spiro atoms. The van der Waals surface area contributed by atoms with Crippen LogP contribution in [0.3, 0.4) is 0 Å². The molecule has 4 rings (SSSR count). The van der Waals surface area contributed by atoms with Crippen LogP contribution < -0.4 is 16.2 Å². The quantitative estimate of drug-likeness (QED) is 0.223. The number of aromatic hydroxyl groups is 1. The SMILES string of the molecule is NC(=O)CC1CN(S(=O)(=O)C=Cc2ccc(Cl)cc2O)CC(CC(N)=O)N1C(=O)c1cnc(-c2cc[n+]([O-])cc2)nc1. The fourth-order valence-electron chi connectivity index (χ4n) is 4.55. The number of primary amides is 2. The van der Waals surface area contributed by atoms with Gasteiger partial charge >= 0.3 is 0 Å². The van der Waals surface area contributed by atoms with E-state index in [1.807, 2.05) is 0 Å². The molecular formula is C26H26ClN7O7S. The van der Waals surface area contributed by atoms with Crippen LogP contribution in [0.1, 0.15) is 28.8 Å². The standard InChI is InChI=1S/C26H26ClN7O7S/c27-19-2-1-16(22(35)9-19)5-8-42(40,41)33-14-20(10-23(28)36)34(21(15-33)11-24(29)37)26(38)18-12-30-25(31-13-18)17-3-6-32(39)7-4-17/h1-9,12-13,20-21,35H,10-11,14-15H2,(H2,28,36)(H2,29,37). The van der Waals surface area contributed by atoms with Crippen molar-refractivity contribution >= 4 is 45.4 Å². The first-order valence-corrected chi connectivity index (χ1v) is 14.3. The van der Waals surface area contributed by atoms with E-state index in [1.165, 1.54) is 66.1 Å². The average Bonchev–Trinajstić information content (AvgIpc) is 2.92. The smallest absolute Gasteiger partial charge is 0.257 e. The number of nitrogens with two attached hydrogens (primary N) is 2. The van der Waals surface area contributed by atoms with E-state index in [-0.39, 0.29) is 40.8 Å². The highest BCUT2D eigenvalue weighted by Gasteiger charge is 2.42. The van der Waals surface area contributed by atoms with E-state index in [2.05, 4.69) is 9.97 Å². The second-order valence-electron chi connectivity index (χ2n) is 9.47. The van der Waals surface area contributed by atoms with E-state index < -0.39 is 52.7 Å². The van der Waals surface area contributed by atoms with Crippen molar-refractivity contribution in [3.8, 4) is 17.1 Å². The monoisotopic (exact) mass is 615 g/mol. The molecule has 3 amide bonds. The zero-order chi connectivity index (χ0) is 30.6. The van der Waals surface area contributed by atoms with Crippen molar-refractivity contribution in [1.29, 1.82) is 0 Å². The minimum Gasteiger partial charge on any atom is -0.619 e. The first kappa shape index (κ1) is 30.4. The van der Waals surface area contributed by atoms with Crippen molar-refractivity contribution in [2.24, 2.45) is 11.5 Å². The summed E-state index contributed by atoms with van der Waals surface area (Å²) < 4.78 is 28.2. The van der Waals surface area contributed by atoms with Gasteiger partial charge < -0.3 is 26.7 Å². The van der Waals surface area contributed by atoms with Gasteiger partial charge in [-0.2, -0.15) is 9.04 Å². The lowest BCUT2D eigenvalue weighted by atomic mass is 10.0. The minimum absolute atomic E-state index is 0.00641. The summed E-state index contributed by atoms with van der Waals surface area (Å²) in [6.45, 7) is -0.636. The summed E-state index contributed by atoms with van der Waals surface area (Å²) in [5.74, 6) is -2.27. The predicted molar refractivity (Wildman–Crippen MR) is 150 cm³/mol. The summed E-state index contributed by atoms with van der Waals surface area (Å²) >= 11 is 5.83. The number of hydrogen-bond acceptors (Lipinski definition) is 9. The molecule has 2 unspecified atom stereocenters. The molecule has 0 bridgehead atoms. The number of halogens is 1. The maximum atomic E-state index is 13.7. The number of benzene rings is 1. The molecule has 0 aliphatic carbocycles. The van der Waals surface area contributed by atoms with Crippen LogP contribution in [0.2, 0.25) is 5.02 Å². The minimum atomic E-state index is -4.18. The molecule has 5 N–H and O–H groups in total. The van der Waals surface area contributed by atoms with E-state index in [0.717, 1.165) is 9.71 Å². The van der Waals surface area contributed by atoms with Gasteiger partial charge in [0, 0.05) is 72.0 Å². The Hall–Kier alpha value is -4.60. The maximum absolute atomic E-state index is 13.7. The third kappa shape index (κ3) is 7.18. The van der Waals surface area contributed by atoms with Gasteiger partial charge in [-0.25, -0.2) is 18.4 Å². The van der Waals surface area contributed by atoms with Crippen LogP contribution in [0.25, 0.3) is 17.5 Å². The van der Waals surface area contributed by atoms with Crippen LogP contribution in [0.15, 0.2) is 60.5 Å². The number of phenols is 1. The molecule has 1 fully saturated rings. The number of piperazine rings is 1. The fourth-order valence-corrected chi connectivity index (χ4v) is 5.97. The van der Waals surface area contributed by atoms with Gasteiger partial charge in [0.15, 0.2) is 18.2 Å². The summed E-state index contributed by atoms with van der Waals surface area (Å²) in [4.78, 5) is 47.2. The lowest BCUT2D eigenvalue weighted by Gasteiger charge is -2.45. The van der Waals surface area contributed by atoms with Gasteiger partial charge in [-0.05, 0) is 24.3 Å². The first-order chi connectivity index (χ1) is 19.8. The van der Waals surface area contributed by atoms with Gasteiger partial charge in [0.25, 0.3) is 5.91 Å². The Labute approximate surface area is 245 Å². The number of aromatic nitrogens is 3. The molecule has 16 heteroatoms. The normalized spacial score (nSPS) is 17.8. The molecule has 3 heterocycles. The third-order valence-electron chi connectivity index (χ3n) is 6.45. The zero-order valence-electron chi connectivity index (χ0n) is 21.9. The van der Waals surface area contributed by atoms with Crippen LogP contribution in [-0.2, 0) is 19.6 Å². The Balaban J connectivity index is 1.64. The molecule has 2 aromatic heterocycles. The molecule has 1 aliphatic rings. The van der Waals surface area contributed by atoms with Gasteiger partial charge in [0.2, 0.25) is 21.8 Å². The summed E-state index contributed by atoms with van der Waals surface area (Å²) in [6, 6.07) is 5.04. The zero-order valence-corrected chi connectivity index (χ0v) is 23.5. The van der Waals surface area contributed by atoms with Crippen molar-refractivity contribution < 1.29 is 32.6 Å². The lowest BCUT2D eigenvalue weighted by molar-refractivity contribution is -0.605. The molecule has 0 radical (unpaired) electrons. The highest BCUT2D eigenvalue weighted by molar-refractivity contribution is 7.92. The van der Waals surface area contributed by atoms with E-state index in [4.69, 9.17) is 23.1 Å². The molecular weight excluding hydrogens is 590 g/mol. The Morgan fingerprint density at radius 3 is 2.14 bits per heavy atom. The topological polar surface area (TPSA) is 217 Å². The van der Waals surface area contributed by atoms with Gasteiger partial charge in [-0.15, -0.1) is 0 Å². The molecule has 2 atom stereocenters. The average molecular weight is 616 g/mol. The number of nitrogens with zero attached hydrogens (tertiary/aromatic N) is 5. The van der Waals surface area contributed by atoms with Crippen molar-refractivity contribution in [2.45, 2.75) is 24.9 Å². The van der Waals surface area contributed by atoms with E-state index in [1.54, 1.807) is 0 Å². The second kappa shape index (κ2) is 12.5. The number of rotatable bonds is 9. The van der Waals surface area contributed by atoms with Crippen LogP contribution in [-0.4, -0.2) is 75.6 Å². The number of carbonyl (C=O) groups excluding carboxylic acids is 3. The summed E-state index contributed by atoms with van der Waals surface area (Å²) in [5.41, 5.74) is 11.6. The van der Waals surface area contributed by atoms with Gasteiger partial charge in [-0.3, -0.25) is 14.4 Å². The van der Waals surface area contributed by atoms with Crippen molar-refractivity contribution in [1.82, 2.24) is 19.2 Å². The lowest BCUT2D eigenvalue weighted by Crippen LogP contribution is -2.62. The molecule has 14 nitrogen and oxygen atoms in total. The van der Waals surface area contributed by atoms with Crippen molar-refractivity contribution in [2.75, 3.05) is 13.1 Å². The van der Waals surface area contributed by atoms with Crippen LogP contribution >= 0.6 is 11.6 Å². The molecule has 220 valence electrons. The molecule has 0 saturated carbocycles. The Morgan fingerprint density at radius 2 is 1.62 bits per heavy atom. The van der Waals surface area contributed by atoms with Crippen molar-refractivity contribution in [3.63, 3.8) is 0 Å². The van der Waals surface area contributed by atoms with E-state index in [9.17, 15) is 33.1 Å². The summed E-state index contributed by atoms with van der Waals surface area (Å²) in [7, 11) is -4.18. The first-order valence-electron chi connectivity index (χ1n) is 12.4. The van der Waals surface area contributed by atoms with Crippen LogP contribution in [0.5, 0.6) is 5.75 Å². The van der Waals surface area contributed by atoms with E-state index in [0.29, 0.717) is 10.3 Å². The number of carbonyl (C=O) groups is 3. The highest BCUT2D eigenvalue weighted by Crippen LogP contribution is 2.27. The maximum Gasteiger partial charge on any atom is 0.257 e. The number of pyridine rings is 1. The Kier molecular flexibility index (Phi) is 9.04. The molecule has 1 aliphatic heterocycles. The third-order valence-corrected chi connectivity index (χ3v) is 8.19. The Bertz CT molecular complexity index is 1610.